The second-order valence-corrected chi connectivity index (χ2v) is 6.26. The Kier molecular flexibility index (Phi) is 4.44. The van der Waals surface area contributed by atoms with Crippen LogP contribution >= 0.6 is 0 Å². The van der Waals surface area contributed by atoms with Gasteiger partial charge in [-0.25, -0.2) is 0 Å². The number of piperazine rings is 1. The van der Waals surface area contributed by atoms with Crippen LogP contribution < -0.4 is 10.6 Å². The summed E-state index contributed by atoms with van der Waals surface area (Å²) < 4.78 is 0. The highest BCUT2D eigenvalue weighted by molar-refractivity contribution is 5.77. The topological polar surface area (TPSA) is 49.6 Å². The van der Waals surface area contributed by atoms with Crippen molar-refractivity contribution >= 4 is 11.6 Å². The van der Waals surface area contributed by atoms with E-state index in [0.717, 1.165) is 39.0 Å². The number of hydrogen-bond acceptors (Lipinski definition) is 3. The molecule has 0 aromatic heterocycles. The summed E-state index contributed by atoms with van der Waals surface area (Å²) in [7, 11) is 0. The van der Waals surface area contributed by atoms with Crippen molar-refractivity contribution in [2.45, 2.75) is 31.7 Å². The predicted octanol–water partition coefficient (Wildman–Crippen LogP) is 1.85. The zero-order chi connectivity index (χ0) is 14.7. The minimum Gasteiger partial charge on any atom is -0.368 e. The van der Waals surface area contributed by atoms with Crippen LogP contribution in [0.4, 0.5) is 5.69 Å². The molecule has 2 fully saturated rings. The first-order chi connectivity index (χ1) is 10.2. The molecule has 1 saturated heterocycles. The van der Waals surface area contributed by atoms with Gasteiger partial charge in [0.15, 0.2) is 0 Å². The maximum Gasteiger partial charge on any atom is 0.223 e. The Balaban J connectivity index is 1.50. The standard InChI is InChI=1S/C17H25N3O/c18-16-8-4-5-14(16)13-17(21)20-11-9-19(10-12-20)15-6-2-1-3-7-15/h1-3,6-7,14,16H,4-5,8-13,18H2/t14-,16+/m0/s1. The molecule has 0 unspecified atom stereocenters. The lowest BCUT2D eigenvalue weighted by Gasteiger charge is -2.36. The van der Waals surface area contributed by atoms with Crippen LogP contribution in [0.25, 0.3) is 0 Å². The van der Waals surface area contributed by atoms with Gasteiger partial charge in [0.25, 0.3) is 0 Å². The van der Waals surface area contributed by atoms with E-state index in [0.29, 0.717) is 18.2 Å². The molecule has 1 heterocycles. The van der Waals surface area contributed by atoms with E-state index in [-0.39, 0.29) is 6.04 Å². The molecule has 0 spiro atoms. The van der Waals surface area contributed by atoms with E-state index in [1.54, 1.807) is 0 Å². The number of rotatable bonds is 3. The first-order valence-electron chi connectivity index (χ1n) is 8.07. The third-order valence-corrected chi connectivity index (χ3v) is 4.91. The van der Waals surface area contributed by atoms with Gasteiger partial charge in [-0.2, -0.15) is 0 Å². The van der Waals surface area contributed by atoms with Gasteiger partial charge in [0.2, 0.25) is 5.91 Å². The monoisotopic (exact) mass is 287 g/mol. The molecular weight excluding hydrogens is 262 g/mol. The molecule has 4 heteroatoms. The average Bonchev–Trinajstić information content (AvgIpc) is 2.93. The van der Waals surface area contributed by atoms with Crippen LogP contribution in [0.2, 0.25) is 0 Å². The molecule has 2 N–H and O–H groups in total. The van der Waals surface area contributed by atoms with Crippen LogP contribution in [0.1, 0.15) is 25.7 Å². The van der Waals surface area contributed by atoms with Gasteiger partial charge in [0.1, 0.15) is 0 Å². The predicted molar refractivity (Wildman–Crippen MR) is 85.2 cm³/mol. The highest BCUT2D eigenvalue weighted by Gasteiger charge is 2.29. The Morgan fingerprint density at radius 2 is 1.81 bits per heavy atom. The van der Waals surface area contributed by atoms with E-state index < -0.39 is 0 Å². The molecule has 2 aliphatic rings. The summed E-state index contributed by atoms with van der Waals surface area (Å²) in [5, 5.41) is 0. The molecule has 21 heavy (non-hydrogen) atoms. The maximum atomic E-state index is 12.4. The smallest absolute Gasteiger partial charge is 0.223 e. The van der Waals surface area contributed by atoms with Crippen molar-refractivity contribution in [3.63, 3.8) is 0 Å². The van der Waals surface area contributed by atoms with Crippen molar-refractivity contribution in [1.29, 1.82) is 0 Å². The highest BCUT2D eigenvalue weighted by atomic mass is 16.2. The molecule has 0 radical (unpaired) electrons. The van der Waals surface area contributed by atoms with Gasteiger partial charge in [-0.3, -0.25) is 4.79 Å². The van der Waals surface area contributed by atoms with Crippen molar-refractivity contribution in [2.24, 2.45) is 11.7 Å². The Hall–Kier alpha value is -1.55. The minimum absolute atomic E-state index is 0.236. The Bertz CT molecular complexity index is 468. The third-order valence-electron chi connectivity index (χ3n) is 4.91. The average molecular weight is 287 g/mol. The molecular formula is C17H25N3O. The van der Waals surface area contributed by atoms with Crippen molar-refractivity contribution in [1.82, 2.24) is 4.90 Å². The molecule has 114 valence electrons. The van der Waals surface area contributed by atoms with Crippen LogP contribution in [0.15, 0.2) is 30.3 Å². The number of hydrogen-bond donors (Lipinski definition) is 1. The molecule has 1 aromatic carbocycles. The normalized spacial score (nSPS) is 26.1. The van der Waals surface area contributed by atoms with Gasteiger partial charge in [0.05, 0.1) is 0 Å². The number of benzene rings is 1. The van der Waals surface area contributed by atoms with Gasteiger partial charge in [-0.15, -0.1) is 0 Å². The number of amides is 1. The Labute approximate surface area is 126 Å². The quantitative estimate of drug-likeness (QED) is 0.923. The van der Waals surface area contributed by atoms with Gasteiger partial charge in [-0.05, 0) is 30.9 Å². The number of carbonyl (C=O) groups excluding carboxylic acids is 1. The second kappa shape index (κ2) is 6.48. The molecule has 1 aromatic rings. The summed E-state index contributed by atoms with van der Waals surface area (Å²) in [6.45, 7) is 3.50. The van der Waals surface area contributed by atoms with Crippen LogP contribution in [0.5, 0.6) is 0 Å². The summed E-state index contributed by atoms with van der Waals surface area (Å²) in [6.07, 6.45) is 4.03. The summed E-state index contributed by atoms with van der Waals surface area (Å²) >= 11 is 0. The van der Waals surface area contributed by atoms with Gasteiger partial charge < -0.3 is 15.5 Å². The lowest BCUT2D eigenvalue weighted by Crippen LogP contribution is -2.49. The summed E-state index contributed by atoms with van der Waals surface area (Å²) in [6, 6.07) is 10.7. The fourth-order valence-electron chi connectivity index (χ4n) is 3.53. The highest BCUT2D eigenvalue weighted by Crippen LogP contribution is 2.27. The number of para-hydroxylation sites is 1. The molecule has 3 rings (SSSR count). The van der Waals surface area contributed by atoms with Crippen molar-refractivity contribution in [3.05, 3.63) is 30.3 Å². The van der Waals surface area contributed by atoms with Crippen LogP contribution in [0, 0.1) is 5.92 Å². The van der Waals surface area contributed by atoms with Crippen LogP contribution in [-0.2, 0) is 4.79 Å². The molecule has 1 aliphatic carbocycles. The Morgan fingerprint density at radius 3 is 2.43 bits per heavy atom. The van der Waals surface area contributed by atoms with Crippen molar-refractivity contribution < 1.29 is 4.79 Å². The van der Waals surface area contributed by atoms with Crippen molar-refractivity contribution in [2.75, 3.05) is 31.1 Å². The molecule has 2 atom stereocenters. The van der Waals surface area contributed by atoms with E-state index >= 15 is 0 Å². The first-order valence-corrected chi connectivity index (χ1v) is 8.07. The summed E-state index contributed by atoms with van der Waals surface area (Å²) in [5.74, 6) is 0.703. The number of anilines is 1. The summed E-state index contributed by atoms with van der Waals surface area (Å²) in [4.78, 5) is 16.8. The lowest BCUT2D eigenvalue weighted by atomic mass is 9.99. The lowest BCUT2D eigenvalue weighted by molar-refractivity contribution is -0.132. The minimum atomic E-state index is 0.236. The summed E-state index contributed by atoms with van der Waals surface area (Å²) in [5.41, 5.74) is 7.33. The van der Waals surface area contributed by atoms with Crippen molar-refractivity contribution in [3.8, 4) is 0 Å². The van der Waals surface area contributed by atoms with Crippen LogP contribution in [-0.4, -0.2) is 43.0 Å². The van der Waals surface area contributed by atoms with E-state index in [1.807, 2.05) is 11.0 Å². The second-order valence-electron chi connectivity index (χ2n) is 6.26. The third kappa shape index (κ3) is 3.38. The molecule has 1 aliphatic heterocycles. The number of nitrogens with zero attached hydrogens (tertiary/aromatic N) is 2. The zero-order valence-corrected chi connectivity index (χ0v) is 12.6. The number of carbonyl (C=O) groups is 1. The van der Waals surface area contributed by atoms with Gasteiger partial charge in [0, 0.05) is 44.3 Å². The zero-order valence-electron chi connectivity index (χ0n) is 12.6. The van der Waals surface area contributed by atoms with Crippen LogP contribution in [0.3, 0.4) is 0 Å². The molecule has 4 nitrogen and oxygen atoms in total. The largest absolute Gasteiger partial charge is 0.368 e. The molecule has 1 amide bonds. The fraction of sp³-hybridized carbons (Fsp3) is 0.588. The van der Waals surface area contributed by atoms with E-state index in [2.05, 4.69) is 29.2 Å². The molecule has 1 saturated carbocycles. The SMILES string of the molecule is N[C@@H]1CCC[C@H]1CC(=O)N1CCN(c2ccccc2)CC1. The van der Waals surface area contributed by atoms with Gasteiger partial charge >= 0.3 is 0 Å². The van der Waals surface area contributed by atoms with E-state index in [1.165, 1.54) is 12.1 Å². The van der Waals surface area contributed by atoms with E-state index in [9.17, 15) is 4.79 Å². The fourth-order valence-corrected chi connectivity index (χ4v) is 3.53. The van der Waals surface area contributed by atoms with E-state index in [4.69, 9.17) is 5.73 Å². The molecule has 0 bridgehead atoms. The first kappa shape index (κ1) is 14.4. The Morgan fingerprint density at radius 1 is 1.10 bits per heavy atom. The number of nitrogens with two attached hydrogens (primary N) is 1. The maximum absolute atomic E-state index is 12.4. The van der Waals surface area contributed by atoms with Gasteiger partial charge in [-0.1, -0.05) is 24.6 Å².